The molecule has 0 bridgehead atoms. The zero-order chi connectivity index (χ0) is 23.2. The second-order valence-electron chi connectivity index (χ2n) is 8.06. The molecule has 0 amide bonds. The predicted octanol–water partition coefficient (Wildman–Crippen LogP) is 4.57. The first-order valence-electron chi connectivity index (χ1n) is 11.1. The molecule has 0 saturated carbocycles. The number of rotatable bonds is 8. The minimum atomic E-state index is -0.499. The Hall–Kier alpha value is -3.88. The Labute approximate surface area is 192 Å². The van der Waals surface area contributed by atoms with Crippen molar-refractivity contribution in [1.29, 1.82) is 0 Å². The number of anilines is 4. The van der Waals surface area contributed by atoms with Gasteiger partial charge in [-0.15, -0.1) is 0 Å². The van der Waals surface area contributed by atoms with E-state index >= 15 is 0 Å². The second kappa shape index (κ2) is 10.2. The van der Waals surface area contributed by atoms with Crippen molar-refractivity contribution in [2.75, 3.05) is 35.6 Å². The van der Waals surface area contributed by atoms with Gasteiger partial charge in [-0.25, -0.2) is 0 Å². The Morgan fingerprint density at radius 1 is 1.12 bits per heavy atom. The molecule has 2 heterocycles. The van der Waals surface area contributed by atoms with Crippen molar-refractivity contribution >= 4 is 29.0 Å². The van der Waals surface area contributed by atoms with Crippen LogP contribution >= 0.6 is 0 Å². The Kier molecular flexibility index (Phi) is 6.87. The largest absolute Gasteiger partial charge is 0.494 e. The van der Waals surface area contributed by atoms with Crippen molar-refractivity contribution in [2.45, 2.75) is 26.2 Å². The maximum atomic E-state index is 11.7. The van der Waals surface area contributed by atoms with E-state index in [9.17, 15) is 10.1 Å². The van der Waals surface area contributed by atoms with Gasteiger partial charge in [-0.3, -0.25) is 10.1 Å². The van der Waals surface area contributed by atoms with Crippen LogP contribution in [0.5, 0.6) is 5.75 Å². The number of ether oxygens (including phenoxy) is 1. The third kappa shape index (κ3) is 5.49. The SMILES string of the molecule is CCOc1ccc(Nc2nc(N)c([N+](=O)[O-])c(N3CCC(Cc4ccccc4)CC3)n2)cc1. The van der Waals surface area contributed by atoms with Crippen LogP contribution in [0.2, 0.25) is 0 Å². The summed E-state index contributed by atoms with van der Waals surface area (Å²) < 4.78 is 5.46. The third-order valence-corrected chi connectivity index (χ3v) is 5.78. The van der Waals surface area contributed by atoms with Gasteiger partial charge >= 0.3 is 5.69 Å². The predicted molar refractivity (Wildman–Crippen MR) is 129 cm³/mol. The van der Waals surface area contributed by atoms with E-state index in [1.807, 2.05) is 42.2 Å². The molecule has 0 spiro atoms. The van der Waals surface area contributed by atoms with Crippen molar-refractivity contribution in [2.24, 2.45) is 5.92 Å². The highest BCUT2D eigenvalue weighted by molar-refractivity contribution is 5.72. The molecule has 172 valence electrons. The lowest BCUT2D eigenvalue weighted by Gasteiger charge is -2.32. The fourth-order valence-corrected chi connectivity index (χ4v) is 4.14. The number of benzene rings is 2. The molecule has 9 heteroatoms. The number of nitrogen functional groups attached to an aromatic ring is 1. The van der Waals surface area contributed by atoms with Crippen molar-refractivity contribution < 1.29 is 9.66 Å². The summed E-state index contributed by atoms with van der Waals surface area (Å²) >= 11 is 0. The van der Waals surface area contributed by atoms with Crippen molar-refractivity contribution in [3.8, 4) is 5.75 Å². The maximum Gasteiger partial charge on any atom is 0.353 e. The molecule has 1 fully saturated rings. The van der Waals surface area contributed by atoms with Crippen LogP contribution in [0.4, 0.5) is 29.0 Å². The van der Waals surface area contributed by atoms with Crippen LogP contribution in [0.1, 0.15) is 25.3 Å². The lowest BCUT2D eigenvalue weighted by molar-refractivity contribution is -0.383. The first kappa shape index (κ1) is 22.3. The van der Waals surface area contributed by atoms with Gasteiger partial charge in [0.2, 0.25) is 17.6 Å². The number of nitrogens with one attached hydrogen (secondary N) is 1. The Balaban J connectivity index is 1.50. The number of nitrogens with zero attached hydrogens (tertiary/aromatic N) is 4. The monoisotopic (exact) mass is 448 g/mol. The number of piperidine rings is 1. The molecule has 1 aliphatic rings. The van der Waals surface area contributed by atoms with Gasteiger partial charge in [0, 0.05) is 18.8 Å². The van der Waals surface area contributed by atoms with Gasteiger partial charge < -0.3 is 20.7 Å². The summed E-state index contributed by atoms with van der Waals surface area (Å²) in [6.07, 6.45) is 2.86. The Morgan fingerprint density at radius 3 is 2.45 bits per heavy atom. The highest BCUT2D eigenvalue weighted by Gasteiger charge is 2.30. The van der Waals surface area contributed by atoms with E-state index in [1.165, 1.54) is 5.56 Å². The summed E-state index contributed by atoms with van der Waals surface area (Å²) in [7, 11) is 0. The van der Waals surface area contributed by atoms with Crippen LogP contribution in [0.3, 0.4) is 0 Å². The molecule has 3 aromatic rings. The lowest BCUT2D eigenvalue weighted by Crippen LogP contribution is -2.35. The van der Waals surface area contributed by atoms with E-state index in [1.54, 1.807) is 0 Å². The third-order valence-electron chi connectivity index (χ3n) is 5.78. The first-order chi connectivity index (χ1) is 16.0. The molecule has 0 atom stereocenters. The van der Waals surface area contributed by atoms with Gasteiger partial charge in [-0.05, 0) is 61.9 Å². The summed E-state index contributed by atoms with van der Waals surface area (Å²) in [5.41, 5.74) is 7.81. The fourth-order valence-electron chi connectivity index (χ4n) is 4.14. The number of hydrogen-bond acceptors (Lipinski definition) is 8. The summed E-state index contributed by atoms with van der Waals surface area (Å²) in [5, 5.41) is 14.8. The molecule has 33 heavy (non-hydrogen) atoms. The number of nitro groups is 1. The van der Waals surface area contributed by atoms with E-state index in [0.717, 1.165) is 30.7 Å². The van der Waals surface area contributed by atoms with Crippen LogP contribution < -0.4 is 20.7 Å². The van der Waals surface area contributed by atoms with Crippen LogP contribution in [-0.2, 0) is 6.42 Å². The first-order valence-corrected chi connectivity index (χ1v) is 11.1. The van der Waals surface area contributed by atoms with Gasteiger partial charge in [0.25, 0.3) is 0 Å². The minimum absolute atomic E-state index is 0.148. The lowest BCUT2D eigenvalue weighted by atomic mass is 9.90. The highest BCUT2D eigenvalue weighted by atomic mass is 16.6. The molecule has 1 aromatic heterocycles. The quantitative estimate of drug-likeness (QED) is 0.380. The fraction of sp³-hybridized carbons (Fsp3) is 0.333. The molecule has 0 unspecified atom stereocenters. The topological polar surface area (TPSA) is 119 Å². The normalized spacial score (nSPS) is 14.2. The molecule has 9 nitrogen and oxygen atoms in total. The number of hydrogen-bond donors (Lipinski definition) is 2. The second-order valence-corrected chi connectivity index (χ2v) is 8.06. The van der Waals surface area contributed by atoms with Gasteiger partial charge in [-0.2, -0.15) is 9.97 Å². The smallest absolute Gasteiger partial charge is 0.353 e. The van der Waals surface area contributed by atoms with E-state index < -0.39 is 4.92 Å². The van der Waals surface area contributed by atoms with Gasteiger partial charge in [0.05, 0.1) is 11.5 Å². The van der Waals surface area contributed by atoms with Gasteiger partial charge in [0.15, 0.2) is 0 Å². The van der Waals surface area contributed by atoms with Crippen molar-refractivity contribution in [3.63, 3.8) is 0 Å². The molecule has 4 rings (SSSR count). The standard InChI is InChI=1S/C24H28N6O3/c1-2-33-20-10-8-19(9-11-20)26-24-27-22(25)21(30(31)32)23(28-24)29-14-12-18(13-15-29)16-17-6-4-3-5-7-17/h3-11,18H,2,12-16H2,1H3,(H3,25,26,27,28). The Bertz CT molecular complexity index is 1080. The molecule has 1 saturated heterocycles. The van der Waals surface area contributed by atoms with E-state index in [-0.39, 0.29) is 23.3 Å². The average Bonchev–Trinajstić information content (AvgIpc) is 2.81. The maximum absolute atomic E-state index is 11.7. The summed E-state index contributed by atoms with van der Waals surface area (Å²) in [5.74, 6) is 1.63. The van der Waals surface area contributed by atoms with Crippen LogP contribution in [0, 0.1) is 16.0 Å². The molecule has 2 aromatic carbocycles. The molecular weight excluding hydrogens is 420 g/mol. The zero-order valence-electron chi connectivity index (χ0n) is 18.6. The molecule has 0 radical (unpaired) electrons. The molecule has 3 N–H and O–H groups in total. The summed E-state index contributed by atoms with van der Waals surface area (Å²) in [6.45, 7) is 3.86. The highest BCUT2D eigenvalue weighted by Crippen LogP contribution is 2.35. The summed E-state index contributed by atoms with van der Waals surface area (Å²) in [4.78, 5) is 21.8. The number of aromatic nitrogens is 2. The number of nitrogens with two attached hydrogens (primary N) is 1. The van der Waals surface area contributed by atoms with E-state index in [0.29, 0.717) is 25.6 Å². The Morgan fingerprint density at radius 2 is 1.82 bits per heavy atom. The van der Waals surface area contributed by atoms with Crippen molar-refractivity contribution in [3.05, 3.63) is 70.3 Å². The van der Waals surface area contributed by atoms with E-state index in [2.05, 4.69) is 39.6 Å². The average molecular weight is 449 g/mol. The van der Waals surface area contributed by atoms with E-state index in [4.69, 9.17) is 10.5 Å². The van der Waals surface area contributed by atoms with Crippen LogP contribution in [-0.4, -0.2) is 34.6 Å². The van der Waals surface area contributed by atoms with Crippen molar-refractivity contribution in [1.82, 2.24) is 9.97 Å². The van der Waals surface area contributed by atoms with Crippen LogP contribution in [0.15, 0.2) is 54.6 Å². The van der Waals surface area contributed by atoms with Gasteiger partial charge in [0.1, 0.15) is 5.75 Å². The minimum Gasteiger partial charge on any atom is -0.494 e. The van der Waals surface area contributed by atoms with Crippen LogP contribution in [0.25, 0.3) is 0 Å². The zero-order valence-corrected chi connectivity index (χ0v) is 18.6. The molecule has 0 aliphatic carbocycles. The summed E-state index contributed by atoms with van der Waals surface area (Å²) in [6, 6.07) is 17.7. The molecular formula is C24H28N6O3. The molecule has 1 aliphatic heterocycles. The van der Waals surface area contributed by atoms with Gasteiger partial charge in [-0.1, -0.05) is 30.3 Å².